The molecule has 0 aliphatic heterocycles. The second-order valence-electron chi connectivity index (χ2n) is 4.57. The predicted molar refractivity (Wildman–Crippen MR) is 79.3 cm³/mol. The van der Waals surface area contributed by atoms with Gasteiger partial charge in [0.2, 0.25) is 0 Å². The molecule has 0 rings (SSSR count). The Kier molecular flexibility index (Phi) is 15.5. The summed E-state index contributed by atoms with van der Waals surface area (Å²) in [5.74, 6) is -0.699. The second kappa shape index (κ2) is 16.5. The molecule has 0 saturated carbocycles. The van der Waals surface area contributed by atoms with E-state index in [9.17, 15) is 9.59 Å². The molecule has 160 valence electrons. The average molecular weight is 403 g/mol. The number of carbonyl (C=O) groups excluding carboxylic acids is 2. The summed E-state index contributed by atoms with van der Waals surface area (Å²) in [4.78, 5) is 31.6. The van der Waals surface area contributed by atoms with E-state index in [2.05, 4.69) is 15.0 Å². The lowest BCUT2D eigenvalue weighted by Crippen LogP contribution is -2.40. The molecule has 5 N–H and O–H groups in total. The molecule has 0 aliphatic rings. The Hall–Kier alpha value is -1.66. The zero-order valence-electron chi connectivity index (χ0n) is 14.7. The highest BCUT2D eigenvalue weighted by molar-refractivity contribution is 5.80. The number of esters is 1. The summed E-state index contributed by atoms with van der Waals surface area (Å²) >= 11 is 0. The number of hydrogen-bond acceptors (Lipinski definition) is 14. The van der Waals surface area contributed by atoms with Crippen LogP contribution in [0.15, 0.2) is 0 Å². The highest BCUT2D eigenvalue weighted by Crippen LogP contribution is 1.91. The smallest absolute Gasteiger partial charge is 0.407 e. The summed E-state index contributed by atoms with van der Waals surface area (Å²) in [7, 11) is 0. The third kappa shape index (κ3) is 17.5. The van der Waals surface area contributed by atoms with Gasteiger partial charge in [-0.1, -0.05) is 0 Å². The number of hydrogen-bond donors (Lipinski definition) is 5. The van der Waals surface area contributed by atoms with Gasteiger partial charge in [-0.25, -0.2) is 19.3 Å². The third-order valence-corrected chi connectivity index (χ3v) is 2.49. The standard InChI is InChI=1S/C12H25N3O12/c1-10(11(16)24-6-2-22-4-8-26-14(18)19)13-12(17)25-7-3-23-5-9-27-15(20)21/h10,18-21H,2-9H2,1H3,(H,13,17). The van der Waals surface area contributed by atoms with Crippen molar-refractivity contribution in [3.63, 3.8) is 0 Å². The fourth-order valence-electron chi connectivity index (χ4n) is 1.36. The molecule has 0 spiro atoms. The minimum atomic E-state index is -0.951. The van der Waals surface area contributed by atoms with Crippen LogP contribution in [0, 0.1) is 0 Å². The van der Waals surface area contributed by atoms with Crippen LogP contribution in [0.2, 0.25) is 0 Å². The molecule has 0 aromatic heterocycles. The maximum absolute atomic E-state index is 11.6. The van der Waals surface area contributed by atoms with Crippen LogP contribution in [0.3, 0.4) is 0 Å². The number of nitrogens with zero attached hydrogens (tertiary/aromatic N) is 2. The molecule has 15 heteroatoms. The van der Waals surface area contributed by atoms with Gasteiger partial charge in [-0.3, -0.25) is 20.8 Å². The molecular formula is C12H25N3O12. The van der Waals surface area contributed by atoms with E-state index in [1.807, 2.05) is 0 Å². The fourth-order valence-corrected chi connectivity index (χ4v) is 1.36. The fraction of sp³-hybridized carbons (Fsp3) is 0.833. The van der Waals surface area contributed by atoms with Crippen molar-refractivity contribution in [3.05, 3.63) is 0 Å². The maximum Gasteiger partial charge on any atom is 0.407 e. The molecule has 0 aliphatic carbocycles. The van der Waals surface area contributed by atoms with Crippen LogP contribution >= 0.6 is 0 Å². The molecule has 1 unspecified atom stereocenters. The molecule has 15 nitrogen and oxygen atoms in total. The highest BCUT2D eigenvalue weighted by Gasteiger charge is 2.17. The minimum Gasteiger partial charge on any atom is -0.462 e. The topological polar surface area (TPSA) is 189 Å². The van der Waals surface area contributed by atoms with Gasteiger partial charge in [0.05, 0.1) is 50.4 Å². The Morgan fingerprint density at radius 2 is 1.22 bits per heavy atom. The third-order valence-electron chi connectivity index (χ3n) is 2.49. The van der Waals surface area contributed by atoms with Gasteiger partial charge in [-0.05, 0) is 6.92 Å². The van der Waals surface area contributed by atoms with Crippen molar-refractivity contribution in [2.24, 2.45) is 0 Å². The molecule has 0 heterocycles. The molecule has 0 aromatic carbocycles. The van der Waals surface area contributed by atoms with Gasteiger partial charge in [0, 0.05) is 0 Å². The number of ether oxygens (including phenoxy) is 4. The Morgan fingerprint density at radius 3 is 1.70 bits per heavy atom. The minimum absolute atomic E-state index is 0.0395. The summed E-state index contributed by atoms with van der Waals surface area (Å²) in [6.45, 7) is 1.19. The lowest BCUT2D eigenvalue weighted by atomic mass is 10.3. The first kappa shape index (κ1) is 25.3. The Labute approximate surface area is 154 Å². The van der Waals surface area contributed by atoms with E-state index < -0.39 is 28.9 Å². The van der Waals surface area contributed by atoms with E-state index in [1.165, 1.54) is 6.92 Å². The number of amides is 1. The van der Waals surface area contributed by atoms with Crippen LogP contribution in [0.5, 0.6) is 0 Å². The van der Waals surface area contributed by atoms with Crippen molar-refractivity contribution in [2.45, 2.75) is 13.0 Å². The van der Waals surface area contributed by atoms with Crippen LogP contribution in [0.1, 0.15) is 6.92 Å². The molecule has 0 fully saturated rings. The number of alkyl carbamates (subject to hydrolysis) is 1. The zero-order chi connectivity index (χ0) is 20.5. The molecule has 1 amide bonds. The summed E-state index contributed by atoms with van der Waals surface area (Å²) in [6.07, 6.45) is -0.845. The van der Waals surface area contributed by atoms with E-state index >= 15 is 0 Å². The number of carbonyl (C=O) groups is 2. The zero-order valence-corrected chi connectivity index (χ0v) is 14.7. The molecule has 0 bridgehead atoms. The van der Waals surface area contributed by atoms with Crippen LogP contribution in [-0.4, -0.2) is 103 Å². The second-order valence-corrected chi connectivity index (χ2v) is 4.57. The van der Waals surface area contributed by atoms with Crippen molar-refractivity contribution in [1.82, 2.24) is 16.1 Å². The van der Waals surface area contributed by atoms with Gasteiger partial charge in [0.25, 0.3) is 0 Å². The SMILES string of the molecule is CC(NC(=O)OCCOCCON(O)O)C(=O)OCCOCCON(O)O. The van der Waals surface area contributed by atoms with E-state index in [1.54, 1.807) is 0 Å². The molecule has 27 heavy (non-hydrogen) atoms. The van der Waals surface area contributed by atoms with Gasteiger partial charge in [-0.2, -0.15) is 0 Å². The number of rotatable bonds is 16. The first-order valence-corrected chi connectivity index (χ1v) is 7.70. The van der Waals surface area contributed by atoms with Crippen molar-refractivity contribution in [2.75, 3.05) is 52.9 Å². The maximum atomic E-state index is 11.6. The predicted octanol–water partition coefficient (Wildman–Crippen LogP) is -1.30. The van der Waals surface area contributed by atoms with E-state index in [-0.39, 0.29) is 52.9 Å². The summed E-state index contributed by atoms with van der Waals surface area (Å²) in [5.41, 5.74) is 0. The van der Waals surface area contributed by atoms with Gasteiger partial charge < -0.3 is 24.3 Å². The number of nitrogens with one attached hydrogen (secondary N) is 1. The van der Waals surface area contributed by atoms with Crippen LogP contribution in [-0.2, 0) is 33.4 Å². The quantitative estimate of drug-likeness (QED) is 0.116. The first-order chi connectivity index (χ1) is 12.8. The van der Waals surface area contributed by atoms with Crippen molar-refractivity contribution >= 4 is 12.1 Å². The Balaban J connectivity index is 3.58. The van der Waals surface area contributed by atoms with E-state index in [0.717, 1.165) is 0 Å². The van der Waals surface area contributed by atoms with Gasteiger partial charge in [0.1, 0.15) is 19.3 Å². The van der Waals surface area contributed by atoms with Crippen LogP contribution in [0.25, 0.3) is 0 Å². The van der Waals surface area contributed by atoms with Crippen molar-refractivity contribution in [1.29, 1.82) is 0 Å². The van der Waals surface area contributed by atoms with E-state index in [4.69, 9.17) is 39.8 Å². The van der Waals surface area contributed by atoms with Crippen molar-refractivity contribution in [3.8, 4) is 0 Å². The van der Waals surface area contributed by atoms with Gasteiger partial charge in [-0.15, -0.1) is 0 Å². The molecular weight excluding hydrogens is 378 g/mol. The van der Waals surface area contributed by atoms with Gasteiger partial charge >= 0.3 is 12.1 Å². The summed E-state index contributed by atoms with van der Waals surface area (Å²) in [5, 5.41) is 34.3. The van der Waals surface area contributed by atoms with Crippen LogP contribution in [0.4, 0.5) is 4.79 Å². The Bertz CT molecular complexity index is 398. The molecule has 1 atom stereocenters. The molecule has 0 saturated heterocycles. The van der Waals surface area contributed by atoms with Crippen LogP contribution < -0.4 is 5.32 Å². The average Bonchev–Trinajstić information content (AvgIpc) is 2.59. The molecule has 0 aromatic rings. The first-order valence-electron chi connectivity index (χ1n) is 7.70. The molecule has 0 radical (unpaired) electrons. The van der Waals surface area contributed by atoms with E-state index in [0.29, 0.717) is 0 Å². The lowest BCUT2D eigenvalue weighted by molar-refractivity contribution is -0.493. The largest absolute Gasteiger partial charge is 0.462 e. The summed E-state index contributed by atoms with van der Waals surface area (Å²) < 4.78 is 19.6. The summed E-state index contributed by atoms with van der Waals surface area (Å²) in [6, 6.07) is -0.951. The normalized spacial score (nSPS) is 12.3. The Morgan fingerprint density at radius 1 is 0.778 bits per heavy atom. The monoisotopic (exact) mass is 403 g/mol. The highest BCUT2D eigenvalue weighted by atomic mass is 17.1. The van der Waals surface area contributed by atoms with Gasteiger partial charge in [0.15, 0.2) is 0 Å². The lowest BCUT2D eigenvalue weighted by Gasteiger charge is -2.14. The van der Waals surface area contributed by atoms with Crippen molar-refractivity contribution < 1.29 is 59.0 Å².